The normalized spacial score (nSPS) is 10.8. The lowest BCUT2D eigenvalue weighted by Crippen LogP contribution is -2.23. The van der Waals surface area contributed by atoms with E-state index in [4.69, 9.17) is 21.1 Å². The number of amides is 1. The number of benzene rings is 2. The first-order valence-corrected chi connectivity index (χ1v) is 9.57. The number of pyridine rings is 1. The SMILES string of the molecule is COc1ccc(CNC(=O)c2ccn3c(-c4ccccc4Cl)nnc3c2)c(OC)c1. The van der Waals surface area contributed by atoms with E-state index in [1.54, 1.807) is 49.1 Å². The van der Waals surface area contributed by atoms with Gasteiger partial charge in [-0.05, 0) is 36.4 Å². The molecule has 0 saturated heterocycles. The second-order valence-corrected chi connectivity index (χ2v) is 6.91. The Morgan fingerprint density at radius 3 is 2.67 bits per heavy atom. The highest BCUT2D eigenvalue weighted by Crippen LogP contribution is 2.27. The van der Waals surface area contributed by atoms with Crippen LogP contribution >= 0.6 is 11.6 Å². The summed E-state index contributed by atoms with van der Waals surface area (Å²) in [6.45, 7) is 0.314. The van der Waals surface area contributed by atoms with Crippen LogP contribution in [0.3, 0.4) is 0 Å². The van der Waals surface area contributed by atoms with Crippen molar-refractivity contribution in [3.05, 3.63) is 76.9 Å². The molecule has 0 radical (unpaired) electrons. The number of carbonyl (C=O) groups excluding carboxylic acids is 1. The molecule has 0 aliphatic carbocycles. The standard InChI is InChI=1S/C22H19ClN4O3/c1-29-16-8-7-15(19(12-16)30-2)13-24-22(28)14-9-10-27-20(11-14)25-26-21(27)17-5-3-4-6-18(17)23/h3-12H,13H2,1-2H3,(H,24,28). The van der Waals surface area contributed by atoms with Gasteiger partial charge in [0.1, 0.15) is 11.5 Å². The molecule has 0 aliphatic heterocycles. The largest absolute Gasteiger partial charge is 0.497 e. The quantitative estimate of drug-likeness (QED) is 0.508. The Bertz CT molecular complexity index is 1220. The van der Waals surface area contributed by atoms with Crippen LogP contribution in [0, 0.1) is 0 Å². The summed E-state index contributed by atoms with van der Waals surface area (Å²) in [6, 6.07) is 16.3. The molecule has 0 unspecified atom stereocenters. The first kappa shape index (κ1) is 19.7. The van der Waals surface area contributed by atoms with Gasteiger partial charge >= 0.3 is 0 Å². The molecule has 0 spiro atoms. The molecule has 4 aromatic rings. The summed E-state index contributed by atoms with van der Waals surface area (Å²) in [7, 11) is 3.17. The van der Waals surface area contributed by atoms with Crippen LogP contribution in [0.2, 0.25) is 5.02 Å². The van der Waals surface area contributed by atoms with Gasteiger partial charge in [0.15, 0.2) is 11.5 Å². The van der Waals surface area contributed by atoms with Crippen LogP contribution in [0.4, 0.5) is 0 Å². The fourth-order valence-electron chi connectivity index (χ4n) is 3.13. The Labute approximate surface area is 178 Å². The van der Waals surface area contributed by atoms with Crippen LogP contribution in [0.25, 0.3) is 17.0 Å². The first-order valence-electron chi connectivity index (χ1n) is 9.19. The third kappa shape index (κ3) is 3.79. The third-order valence-corrected chi connectivity index (χ3v) is 5.05. The van der Waals surface area contributed by atoms with Gasteiger partial charge in [0.2, 0.25) is 0 Å². The van der Waals surface area contributed by atoms with Crippen molar-refractivity contribution in [2.45, 2.75) is 6.54 Å². The molecule has 152 valence electrons. The highest BCUT2D eigenvalue weighted by molar-refractivity contribution is 6.33. The second-order valence-electron chi connectivity index (χ2n) is 6.51. The van der Waals surface area contributed by atoms with E-state index < -0.39 is 0 Å². The summed E-state index contributed by atoms with van der Waals surface area (Å²) in [5.74, 6) is 1.73. The van der Waals surface area contributed by atoms with Crippen molar-refractivity contribution < 1.29 is 14.3 Å². The minimum Gasteiger partial charge on any atom is -0.497 e. The van der Waals surface area contributed by atoms with Gasteiger partial charge < -0.3 is 14.8 Å². The van der Waals surface area contributed by atoms with Crippen molar-refractivity contribution in [3.8, 4) is 22.9 Å². The molecule has 4 rings (SSSR count). The third-order valence-electron chi connectivity index (χ3n) is 4.72. The molecule has 30 heavy (non-hydrogen) atoms. The molecule has 7 nitrogen and oxygen atoms in total. The predicted molar refractivity (Wildman–Crippen MR) is 114 cm³/mol. The summed E-state index contributed by atoms with van der Waals surface area (Å²) >= 11 is 6.28. The molecule has 0 fully saturated rings. The summed E-state index contributed by atoms with van der Waals surface area (Å²) < 4.78 is 12.4. The highest BCUT2D eigenvalue weighted by Gasteiger charge is 2.14. The Hall–Kier alpha value is -3.58. The van der Waals surface area contributed by atoms with E-state index >= 15 is 0 Å². The maximum absolute atomic E-state index is 12.7. The van der Waals surface area contributed by atoms with Gasteiger partial charge in [0.05, 0.1) is 19.2 Å². The number of fused-ring (bicyclic) bond motifs is 1. The second kappa shape index (κ2) is 8.42. The van der Waals surface area contributed by atoms with Crippen molar-refractivity contribution in [3.63, 3.8) is 0 Å². The van der Waals surface area contributed by atoms with Gasteiger partial charge in [-0.2, -0.15) is 0 Å². The number of methoxy groups -OCH3 is 2. The van der Waals surface area contributed by atoms with Gasteiger partial charge in [0, 0.05) is 35.5 Å². The zero-order valence-electron chi connectivity index (χ0n) is 16.4. The molecule has 8 heteroatoms. The number of nitrogens with zero attached hydrogens (tertiary/aromatic N) is 3. The van der Waals surface area contributed by atoms with E-state index in [0.717, 1.165) is 11.1 Å². The van der Waals surface area contributed by atoms with Crippen LogP contribution in [-0.4, -0.2) is 34.7 Å². The van der Waals surface area contributed by atoms with Gasteiger partial charge in [0.25, 0.3) is 5.91 Å². The summed E-state index contributed by atoms with van der Waals surface area (Å²) in [5, 5.41) is 11.9. The number of hydrogen-bond donors (Lipinski definition) is 1. The molecule has 1 amide bonds. The zero-order chi connectivity index (χ0) is 21.1. The van der Waals surface area contributed by atoms with Crippen LogP contribution in [0.5, 0.6) is 11.5 Å². The summed E-state index contributed by atoms with van der Waals surface area (Å²) in [4.78, 5) is 12.7. The van der Waals surface area contributed by atoms with Crippen LogP contribution < -0.4 is 14.8 Å². The fourth-order valence-corrected chi connectivity index (χ4v) is 3.35. The number of aromatic nitrogens is 3. The Balaban J connectivity index is 1.54. The topological polar surface area (TPSA) is 77.8 Å². The predicted octanol–water partition coefficient (Wildman–Crippen LogP) is 4.00. The molecular weight excluding hydrogens is 404 g/mol. The van der Waals surface area contributed by atoms with E-state index in [-0.39, 0.29) is 5.91 Å². The average molecular weight is 423 g/mol. The van der Waals surface area contributed by atoms with E-state index in [2.05, 4.69) is 15.5 Å². The maximum Gasteiger partial charge on any atom is 0.251 e. The zero-order valence-corrected chi connectivity index (χ0v) is 17.2. The number of rotatable bonds is 6. The van der Waals surface area contributed by atoms with Crippen molar-refractivity contribution in [2.75, 3.05) is 14.2 Å². The van der Waals surface area contributed by atoms with Crippen LogP contribution in [-0.2, 0) is 6.54 Å². The van der Waals surface area contributed by atoms with Gasteiger partial charge in [-0.1, -0.05) is 23.7 Å². The van der Waals surface area contributed by atoms with E-state index in [1.807, 2.05) is 30.3 Å². The fraction of sp³-hybridized carbons (Fsp3) is 0.136. The molecule has 2 aromatic carbocycles. The maximum atomic E-state index is 12.7. The Morgan fingerprint density at radius 2 is 1.90 bits per heavy atom. The minimum absolute atomic E-state index is 0.224. The molecule has 0 saturated carbocycles. The molecule has 1 N–H and O–H groups in total. The molecular formula is C22H19ClN4O3. The molecule has 0 atom stereocenters. The number of nitrogens with one attached hydrogen (secondary N) is 1. The lowest BCUT2D eigenvalue weighted by molar-refractivity contribution is 0.0950. The lowest BCUT2D eigenvalue weighted by atomic mass is 10.1. The Kier molecular flexibility index (Phi) is 5.54. The van der Waals surface area contributed by atoms with Gasteiger partial charge in [-0.3, -0.25) is 9.20 Å². The van der Waals surface area contributed by atoms with Crippen molar-refractivity contribution >= 4 is 23.2 Å². The first-order chi connectivity index (χ1) is 14.6. The van der Waals surface area contributed by atoms with Gasteiger partial charge in [-0.15, -0.1) is 10.2 Å². The summed E-state index contributed by atoms with van der Waals surface area (Å²) in [6.07, 6.45) is 1.76. The van der Waals surface area contributed by atoms with Crippen LogP contribution in [0.1, 0.15) is 15.9 Å². The smallest absolute Gasteiger partial charge is 0.251 e. The molecule has 0 bridgehead atoms. The number of hydrogen-bond acceptors (Lipinski definition) is 5. The number of halogens is 1. The summed E-state index contributed by atoms with van der Waals surface area (Å²) in [5.41, 5.74) is 2.65. The molecule has 0 aliphatic rings. The number of carbonyl (C=O) groups is 1. The van der Waals surface area contributed by atoms with Gasteiger partial charge in [-0.25, -0.2) is 0 Å². The lowest BCUT2D eigenvalue weighted by Gasteiger charge is -2.11. The molecule has 2 aromatic heterocycles. The van der Waals surface area contributed by atoms with Crippen LogP contribution in [0.15, 0.2) is 60.8 Å². The van der Waals surface area contributed by atoms with E-state index in [0.29, 0.717) is 40.1 Å². The highest BCUT2D eigenvalue weighted by atomic mass is 35.5. The molecule has 2 heterocycles. The monoisotopic (exact) mass is 422 g/mol. The Morgan fingerprint density at radius 1 is 1.07 bits per heavy atom. The number of ether oxygens (including phenoxy) is 2. The van der Waals surface area contributed by atoms with Crippen molar-refractivity contribution in [1.29, 1.82) is 0 Å². The van der Waals surface area contributed by atoms with Crippen molar-refractivity contribution in [2.24, 2.45) is 0 Å². The van der Waals surface area contributed by atoms with E-state index in [9.17, 15) is 4.79 Å². The average Bonchev–Trinajstić information content (AvgIpc) is 3.20. The van der Waals surface area contributed by atoms with Crippen molar-refractivity contribution in [1.82, 2.24) is 19.9 Å². The minimum atomic E-state index is -0.224. The van der Waals surface area contributed by atoms with E-state index in [1.165, 1.54) is 0 Å².